The lowest BCUT2D eigenvalue weighted by Gasteiger charge is -2.40. The molecule has 1 fully saturated rings. The standard InChI is InChI=1S/C10H13NO4/c12-6-10(4-1-5-10)11-8-3-2-7(15-8)9(13)14/h2-3,11-12H,1,4-6H2,(H,13,14). The largest absolute Gasteiger partial charge is 0.475 e. The summed E-state index contributed by atoms with van der Waals surface area (Å²) < 4.78 is 5.06. The molecule has 0 aromatic carbocycles. The third kappa shape index (κ3) is 1.83. The van der Waals surface area contributed by atoms with Crippen LogP contribution in [0.5, 0.6) is 0 Å². The van der Waals surface area contributed by atoms with E-state index in [4.69, 9.17) is 9.52 Å². The first-order valence-electron chi connectivity index (χ1n) is 4.87. The minimum atomic E-state index is -1.09. The van der Waals surface area contributed by atoms with Gasteiger partial charge in [-0.3, -0.25) is 0 Å². The fourth-order valence-electron chi connectivity index (χ4n) is 1.71. The highest BCUT2D eigenvalue weighted by molar-refractivity contribution is 5.84. The molecule has 1 aromatic heterocycles. The predicted molar refractivity (Wildman–Crippen MR) is 53.0 cm³/mol. The molecule has 5 heteroatoms. The zero-order valence-electron chi connectivity index (χ0n) is 8.19. The van der Waals surface area contributed by atoms with Gasteiger partial charge in [-0.25, -0.2) is 4.79 Å². The topological polar surface area (TPSA) is 82.7 Å². The second-order valence-corrected chi connectivity index (χ2v) is 3.89. The maximum absolute atomic E-state index is 10.6. The smallest absolute Gasteiger partial charge is 0.371 e. The van der Waals surface area contributed by atoms with Gasteiger partial charge in [0, 0.05) is 6.07 Å². The lowest BCUT2D eigenvalue weighted by atomic mass is 9.77. The molecule has 0 aliphatic heterocycles. The Hall–Kier alpha value is -1.49. The number of aromatic carboxylic acids is 1. The van der Waals surface area contributed by atoms with E-state index in [9.17, 15) is 9.90 Å². The number of hydrogen-bond donors (Lipinski definition) is 3. The van der Waals surface area contributed by atoms with Crippen molar-refractivity contribution in [3.63, 3.8) is 0 Å². The molecule has 1 aromatic rings. The number of rotatable bonds is 4. The first-order chi connectivity index (χ1) is 7.15. The van der Waals surface area contributed by atoms with Gasteiger partial charge in [0.05, 0.1) is 12.1 Å². The van der Waals surface area contributed by atoms with Gasteiger partial charge < -0.3 is 19.9 Å². The quantitative estimate of drug-likeness (QED) is 0.699. The number of carboxylic acid groups (broad SMARTS) is 1. The molecular weight excluding hydrogens is 198 g/mol. The first-order valence-corrected chi connectivity index (χ1v) is 4.87. The molecule has 0 radical (unpaired) electrons. The molecule has 1 aliphatic rings. The number of nitrogens with one attached hydrogen (secondary N) is 1. The van der Waals surface area contributed by atoms with Gasteiger partial charge in [-0.1, -0.05) is 0 Å². The van der Waals surface area contributed by atoms with Crippen molar-refractivity contribution in [1.29, 1.82) is 0 Å². The summed E-state index contributed by atoms with van der Waals surface area (Å²) in [6, 6.07) is 2.97. The Balaban J connectivity index is 2.07. The molecule has 3 N–H and O–H groups in total. The van der Waals surface area contributed by atoms with Crippen molar-refractivity contribution in [1.82, 2.24) is 0 Å². The number of carboxylic acids is 1. The first kappa shape index (κ1) is 10.0. The number of aliphatic hydroxyl groups is 1. The predicted octanol–water partition coefficient (Wildman–Crippen LogP) is 1.30. The molecule has 82 valence electrons. The molecule has 0 saturated heterocycles. The molecule has 0 unspecified atom stereocenters. The van der Waals surface area contributed by atoms with Gasteiger partial charge in [0.2, 0.25) is 5.76 Å². The summed E-state index contributed by atoms with van der Waals surface area (Å²) in [6.07, 6.45) is 2.83. The van der Waals surface area contributed by atoms with Gasteiger partial charge in [-0.2, -0.15) is 0 Å². The second kappa shape index (κ2) is 3.58. The van der Waals surface area contributed by atoms with Crippen LogP contribution in [-0.4, -0.2) is 28.3 Å². The van der Waals surface area contributed by atoms with Crippen molar-refractivity contribution in [3.05, 3.63) is 17.9 Å². The van der Waals surface area contributed by atoms with Crippen molar-refractivity contribution in [2.75, 3.05) is 11.9 Å². The Morgan fingerprint density at radius 3 is 2.67 bits per heavy atom. The van der Waals surface area contributed by atoms with E-state index >= 15 is 0 Å². The van der Waals surface area contributed by atoms with Crippen molar-refractivity contribution in [2.24, 2.45) is 0 Å². The van der Waals surface area contributed by atoms with Gasteiger partial charge in [0.25, 0.3) is 0 Å². The second-order valence-electron chi connectivity index (χ2n) is 3.89. The minimum Gasteiger partial charge on any atom is -0.475 e. The van der Waals surface area contributed by atoms with E-state index in [1.54, 1.807) is 6.07 Å². The molecule has 2 rings (SSSR count). The maximum Gasteiger partial charge on any atom is 0.371 e. The van der Waals surface area contributed by atoms with E-state index in [0.717, 1.165) is 19.3 Å². The van der Waals surface area contributed by atoms with E-state index in [-0.39, 0.29) is 17.9 Å². The van der Waals surface area contributed by atoms with E-state index in [1.807, 2.05) is 0 Å². The molecule has 1 aliphatic carbocycles. The molecule has 0 amide bonds. The summed E-state index contributed by atoms with van der Waals surface area (Å²) in [4.78, 5) is 10.6. The van der Waals surface area contributed by atoms with Crippen LogP contribution in [0, 0.1) is 0 Å². The Morgan fingerprint density at radius 2 is 2.27 bits per heavy atom. The van der Waals surface area contributed by atoms with Gasteiger partial charge in [0.1, 0.15) is 0 Å². The number of hydrogen-bond acceptors (Lipinski definition) is 4. The van der Waals surface area contributed by atoms with E-state index in [1.165, 1.54) is 6.07 Å². The van der Waals surface area contributed by atoms with Crippen LogP contribution in [0.2, 0.25) is 0 Å². The summed E-state index contributed by atoms with van der Waals surface area (Å²) in [6.45, 7) is 0.0378. The number of aliphatic hydroxyl groups excluding tert-OH is 1. The normalized spacial score (nSPS) is 18.2. The average Bonchev–Trinajstić information content (AvgIpc) is 2.59. The van der Waals surface area contributed by atoms with Crippen LogP contribution in [0.15, 0.2) is 16.5 Å². The fraction of sp³-hybridized carbons (Fsp3) is 0.500. The summed E-state index contributed by atoms with van der Waals surface area (Å²) in [7, 11) is 0. The lowest BCUT2D eigenvalue weighted by molar-refractivity contribution is 0.0662. The van der Waals surface area contributed by atoms with Crippen molar-refractivity contribution in [2.45, 2.75) is 24.8 Å². The minimum absolute atomic E-state index is 0.0378. The highest BCUT2D eigenvalue weighted by atomic mass is 16.4. The van der Waals surface area contributed by atoms with E-state index < -0.39 is 5.97 Å². The Labute approximate surface area is 86.7 Å². The van der Waals surface area contributed by atoms with E-state index in [2.05, 4.69) is 5.32 Å². The van der Waals surface area contributed by atoms with Crippen LogP contribution in [0.3, 0.4) is 0 Å². The van der Waals surface area contributed by atoms with Crippen molar-refractivity contribution in [3.8, 4) is 0 Å². The SMILES string of the molecule is O=C(O)c1ccc(NC2(CO)CCC2)o1. The van der Waals surface area contributed by atoms with Crippen molar-refractivity contribution >= 4 is 11.9 Å². The fourth-order valence-corrected chi connectivity index (χ4v) is 1.71. The maximum atomic E-state index is 10.6. The Morgan fingerprint density at radius 1 is 1.53 bits per heavy atom. The van der Waals surface area contributed by atoms with Crippen LogP contribution in [0.25, 0.3) is 0 Å². The molecule has 0 atom stereocenters. The van der Waals surface area contributed by atoms with Crippen LogP contribution >= 0.6 is 0 Å². The summed E-state index contributed by atoms with van der Waals surface area (Å²) in [5.41, 5.74) is -0.312. The van der Waals surface area contributed by atoms with Crippen LogP contribution in [0.4, 0.5) is 5.88 Å². The molecule has 0 bridgehead atoms. The summed E-state index contributed by atoms with van der Waals surface area (Å²) in [5.74, 6) is -0.777. The van der Waals surface area contributed by atoms with Crippen LogP contribution in [-0.2, 0) is 0 Å². The summed E-state index contributed by atoms with van der Waals surface area (Å²) in [5, 5.41) is 20.9. The zero-order valence-corrected chi connectivity index (χ0v) is 8.19. The molecule has 1 saturated carbocycles. The molecule has 15 heavy (non-hydrogen) atoms. The highest BCUT2D eigenvalue weighted by Gasteiger charge is 2.37. The van der Waals surface area contributed by atoms with Gasteiger partial charge >= 0.3 is 5.97 Å². The lowest BCUT2D eigenvalue weighted by Crippen LogP contribution is -2.48. The highest BCUT2D eigenvalue weighted by Crippen LogP contribution is 2.35. The molecule has 0 spiro atoms. The van der Waals surface area contributed by atoms with Gasteiger partial charge in [-0.05, 0) is 25.3 Å². The van der Waals surface area contributed by atoms with Crippen molar-refractivity contribution < 1.29 is 19.4 Å². The molecular formula is C10H13NO4. The number of anilines is 1. The van der Waals surface area contributed by atoms with E-state index in [0.29, 0.717) is 5.88 Å². The third-order valence-corrected chi connectivity index (χ3v) is 2.82. The monoisotopic (exact) mass is 211 g/mol. The van der Waals surface area contributed by atoms with Crippen LogP contribution in [0.1, 0.15) is 29.8 Å². The number of carbonyl (C=O) groups is 1. The Bertz CT molecular complexity index is 362. The van der Waals surface area contributed by atoms with Gasteiger partial charge in [0.15, 0.2) is 5.88 Å². The number of furan rings is 1. The third-order valence-electron chi connectivity index (χ3n) is 2.82. The average molecular weight is 211 g/mol. The molecule has 5 nitrogen and oxygen atoms in total. The molecule has 1 heterocycles. The summed E-state index contributed by atoms with van der Waals surface area (Å²) >= 11 is 0. The zero-order chi connectivity index (χ0) is 10.9. The van der Waals surface area contributed by atoms with Gasteiger partial charge in [-0.15, -0.1) is 0 Å². The van der Waals surface area contributed by atoms with Crippen LogP contribution < -0.4 is 5.32 Å². The Kier molecular flexibility index (Phi) is 2.40.